The maximum Gasteiger partial charge on any atom is 0.338 e. The highest BCUT2D eigenvalue weighted by Crippen LogP contribution is 2.60. The van der Waals surface area contributed by atoms with E-state index in [0.717, 1.165) is 0 Å². The summed E-state index contributed by atoms with van der Waals surface area (Å²) in [5.41, 5.74) is -1.03. The molecule has 0 amide bonds. The van der Waals surface area contributed by atoms with E-state index in [-0.39, 0.29) is 17.1 Å². The Kier molecular flexibility index (Phi) is 6.59. The third kappa shape index (κ3) is 3.92. The Morgan fingerprint density at radius 3 is 2.58 bits per heavy atom. The average molecular weight is 512 g/mol. The normalized spacial score (nSPS) is 42.7. The zero-order valence-electron chi connectivity index (χ0n) is 19.1. The van der Waals surface area contributed by atoms with E-state index in [0.29, 0.717) is 0 Å². The second kappa shape index (κ2) is 9.43. The maximum absolute atomic E-state index is 12.9. The number of esters is 1. The predicted octanol–water partition coefficient (Wildman–Crippen LogP) is -2.01. The number of carbonyl (C=O) groups is 1. The first-order chi connectivity index (χ1) is 17.2. The topological polar surface area (TPSA) is 197 Å². The maximum atomic E-state index is 12.9. The standard InChI is InChI=1S/C23H28O13/c1-31-12-6-9(2-3-11(12)26)20(30)34-18-10-4-5-32-21(14(10)23(8-25)19(18)36-23)35-22-17(29)16(28)15(27)13(7-24)33-22/h2-6,10,13-19,21-22,24-29H,7-8H2,1H3/t10-,13+,14-,15+,16+,17+,18-,19+,21-,22-,23-/m0/s1. The van der Waals surface area contributed by atoms with Gasteiger partial charge in [-0.15, -0.1) is 0 Å². The molecule has 0 bridgehead atoms. The minimum Gasteiger partial charge on any atom is -0.504 e. The Morgan fingerprint density at radius 2 is 1.89 bits per heavy atom. The zero-order chi connectivity index (χ0) is 25.8. The van der Waals surface area contributed by atoms with Gasteiger partial charge >= 0.3 is 5.97 Å². The fourth-order valence-corrected chi connectivity index (χ4v) is 5.28. The number of phenolic OH excluding ortho intramolecular Hbond substituents is 1. The van der Waals surface area contributed by atoms with E-state index < -0.39 is 85.8 Å². The lowest BCUT2D eigenvalue weighted by Gasteiger charge is -2.43. The minimum atomic E-state index is -1.66. The van der Waals surface area contributed by atoms with Crippen molar-refractivity contribution >= 4 is 5.97 Å². The number of hydrogen-bond donors (Lipinski definition) is 6. The molecule has 3 aliphatic heterocycles. The number of aliphatic hydroxyl groups is 5. The van der Waals surface area contributed by atoms with Crippen molar-refractivity contribution in [1.29, 1.82) is 0 Å². The van der Waals surface area contributed by atoms with Gasteiger partial charge in [0.15, 0.2) is 17.8 Å². The molecule has 3 heterocycles. The van der Waals surface area contributed by atoms with Crippen molar-refractivity contribution in [2.24, 2.45) is 11.8 Å². The molecular weight excluding hydrogens is 484 g/mol. The molecule has 1 aromatic carbocycles. The van der Waals surface area contributed by atoms with Crippen LogP contribution in [0, 0.1) is 11.8 Å². The van der Waals surface area contributed by atoms with Crippen LogP contribution in [0.3, 0.4) is 0 Å². The van der Waals surface area contributed by atoms with Gasteiger partial charge in [0.05, 0.1) is 38.1 Å². The number of aliphatic hydroxyl groups excluding tert-OH is 5. The summed E-state index contributed by atoms with van der Waals surface area (Å²) in [5, 5.41) is 59.8. The largest absolute Gasteiger partial charge is 0.504 e. The Hall–Kier alpha value is -2.49. The summed E-state index contributed by atoms with van der Waals surface area (Å²) in [7, 11) is 1.35. The van der Waals surface area contributed by atoms with Crippen LogP contribution in [0.2, 0.25) is 0 Å². The first kappa shape index (κ1) is 25.2. The smallest absolute Gasteiger partial charge is 0.338 e. The van der Waals surface area contributed by atoms with E-state index in [2.05, 4.69) is 0 Å². The fourth-order valence-electron chi connectivity index (χ4n) is 5.28. The second-order valence-corrected chi connectivity index (χ2v) is 9.18. The third-order valence-corrected chi connectivity index (χ3v) is 7.26. The highest BCUT2D eigenvalue weighted by molar-refractivity contribution is 5.90. The predicted molar refractivity (Wildman–Crippen MR) is 114 cm³/mol. The lowest BCUT2D eigenvalue weighted by Crippen LogP contribution is -2.60. The molecule has 2 saturated heterocycles. The van der Waals surface area contributed by atoms with Crippen LogP contribution in [-0.4, -0.2) is 112 Å². The van der Waals surface area contributed by atoms with Crippen molar-refractivity contribution in [2.75, 3.05) is 20.3 Å². The summed E-state index contributed by atoms with van der Waals surface area (Å²) in [5.74, 6) is -1.95. The minimum absolute atomic E-state index is 0.0973. The number of aromatic hydroxyl groups is 1. The van der Waals surface area contributed by atoms with E-state index in [1.165, 1.54) is 31.6 Å². The second-order valence-electron chi connectivity index (χ2n) is 9.18. The van der Waals surface area contributed by atoms with Crippen LogP contribution in [0.5, 0.6) is 11.5 Å². The van der Waals surface area contributed by atoms with Crippen molar-refractivity contribution < 1.29 is 63.9 Å². The number of benzene rings is 1. The highest BCUT2D eigenvalue weighted by Gasteiger charge is 2.77. The molecule has 13 heteroatoms. The summed E-state index contributed by atoms with van der Waals surface area (Å²) in [6, 6.07) is 4.02. The number of epoxide rings is 1. The van der Waals surface area contributed by atoms with Gasteiger partial charge in [0, 0.05) is 5.92 Å². The Balaban J connectivity index is 1.35. The first-order valence-electron chi connectivity index (χ1n) is 11.4. The highest BCUT2D eigenvalue weighted by atomic mass is 16.8. The van der Waals surface area contributed by atoms with Crippen LogP contribution in [-0.2, 0) is 23.7 Å². The molecule has 11 atom stereocenters. The summed E-state index contributed by atoms with van der Waals surface area (Å²) in [6.07, 6.45) is -7.19. The average Bonchev–Trinajstić information content (AvgIpc) is 3.56. The Labute approximate surface area is 205 Å². The first-order valence-corrected chi connectivity index (χ1v) is 11.4. The van der Waals surface area contributed by atoms with Crippen LogP contribution in [0.4, 0.5) is 0 Å². The quantitative estimate of drug-likeness (QED) is 0.173. The van der Waals surface area contributed by atoms with Crippen LogP contribution in [0.1, 0.15) is 10.4 Å². The molecule has 3 fully saturated rings. The number of fused-ring (bicyclic) bond motifs is 3. The molecule has 4 aliphatic rings. The SMILES string of the molecule is COc1cc(C(=O)O[C@H]2[C@H]3C=CO[C@@H](O[C@@H]4O[C@H](CO)[C@@H](O)[C@@H](O)[C@H]4O)[C@H]3[C@]3(CO)O[C@H]23)ccc1O. The van der Waals surface area contributed by atoms with Crippen molar-refractivity contribution in [1.82, 2.24) is 0 Å². The van der Waals surface area contributed by atoms with Crippen molar-refractivity contribution in [3.05, 3.63) is 36.1 Å². The van der Waals surface area contributed by atoms with Gasteiger partial charge in [0.2, 0.25) is 6.29 Å². The Morgan fingerprint density at radius 1 is 1.11 bits per heavy atom. The lowest BCUT2D eigenvalue weighted by molar-refractivity contribution is -0.344. The summed E-state index contributed by atoms with van der Waals surface area (Å²) in [6.45, 7) is -1.07. The molecule has 0 unspecified atom stereocenters. The monoisotopic (exact) mass is 512 g/mol. The Bertz CT molecular complexity index is 1010. The van der Waals surface area contributed by atoms with E-state index >= 15 is 0 Å². The molecule has 6 N–H and O–H groups in total. The van der Waals surface area contributed by atoms with E-state index in [9.17, 15) is 35.4 Å². The van der Waals surface area contributed by atoms with Gasteiger partial charge in [-0.05, 0) is 24.3 Å². The van der Waals surface area contributed by atoms with Crippen LogP contribution in [0.25, 0.3) is 0 Å². The molecule has 36 heavy (non-hydrogen) atoms. The molecular formula is C23H28O13. The van der Waals surface area contributed by atoms with Crippen molar-refractivity contribution in [3.63, 3.8) is 0 Å². The van der Waals surface area contributed by atoms with Gasteiger partial charge in [-0.3, -0.25) is 0 Å². The number of phenols is 1. The number of methoxy groups -OCH3 is 1. The molecule has 1 aliphatic carbocycles. The lowest BCUT2D eigenvalue weighted by atomic mass is 9.85. The van der Waals surface area contributed by atoms with Crippen LogP contribution >= 0.6 is 0 Å². The molecule has 1 saturated carbocycles. The number of hydrogen-bond acceptors (Lipinski definition) is 13. The van der Waals surface area contributed by atoms with E-state index in [1.807, 2.05) is 0 Å². The van der Waals surface area contributed by atoms with E-state index in [4.69, 9.17) is 28.4 Å². The molecule has 1 aromatic rings. The summed E-state index contributed by atoms with van der Waals surface area (Å²) < 4.78 is 33.4. The number of ether oxygens (including phenoxy) is 6. The molecule has 0 spiro atoms. The fraction of sp³-hybridized carbons (Fsp3) is 0.609. The van der Waals surface area contributed by atoms with E-state index in [1.54, 1.807) is 6.08 Å². The summed E-state index contributed by atoms with van der Waals surface area (Å²) in [4.78, 5) is 12.9. The molecule has 13 nitrogen and oxygen atoms in total. The van der Waals surface area contributed by atoms with Crippen LogP contribution in [0.15, 0.2) is 30.5 Å². The van der Waals surface area contributed by atoms with Crippen molar-refractivity contribution in [2.45, 2.75) is 54.8 Å². The molecule has 5 rings (SSSR count). The number of carbonyl (C=O) groups excluding carboxylic acids is 1. The van der Waals surface area contributed by atoms with Gasteiger partial charge in [0.25, 0.3) is 0 Å². The van der Waals surface area contributed by atoms with Gasteiger partial charge < -0.3 is 59.1 Å². The van der Waals surface area contributed by atoms with Gasteiger partial charge in [-0.25, -0.2) is 4.79 Å². The van der Waals surface area contributed by atoms with Crippen LogP contribution < -0.4 is 4.74 Å². The molecule has 198 valence electrons. The van der Waals surface area contributed by atoms with Gasteiger partial charge in [0.1, 0.15) is 42.2 Å². The van der Waals surface area contributed by atoms with Gasteiger partial charge in [-0.2, -0.15) is 0 Å². The third-order valence-electron chi connectivity index (χ3n) is 7.26. The molecule has 0 radical (unpaired) electrons. The van der Waals surface area contributed by atoms with Gasteiger partial charge in [-0.1, -0.05) is 0 Å². The zero-order valence-corrected chi connectivity index (χ0v) is 19.1. The van der Waals surface area contributed by atoms with Crippen molar-refractivity contribution in [3.8, 4) is 11.5 Å². The number of rotatable bonds is 7. The summed E-state index contributed by atoms with van der Waals surface area (Å²) >= 11 is 0. The molecule has 0 aromatic heterocycles.